The Morgan fingerprint density at radius 2 is 1.75 bits per heavy atom. The number of carbonyl (C=O) groups excluding carboxylic acids is 1. The minimum absolute atomic E-state index is 0.0761. The number of phenolic OH excluding ortho intramolecular Hbond substituents is 2. The molecule has 1 fully saturated rings. The summed E-state index contributed by atoms with van der Waals surface area (Å²) in [4.78, 5) is 11.3. The molecular weight excluding hydrogens is 228 g/mol. The van der Waals surface area contributed by atoms with E-state index in [-0.39, 0.29) is 28.2 Å². The zero-order valence-corrected chi connectivity index (χ0v) is 8.84. The van der Waals surface area contributed by atoms with E-state index in [4.69, 9.17) is 12.2 Å². The molecule has 0 aromatic heterocycles. The second kappa shape index (κ2) is 3.82. The van der Waals surface area contributed by atoms with Gasteiger partial charge in [0, 0.05) is 6.07 Å². The van der Waals surface area contributed by atoms with Crippen molar-refractivity contribution in [3.05, 3.63) is 29.5 Å². The van der Waals surface area contributed by atoms with Gasteiger partial charge in [-0.15, -0.1) is 0 Å². The molecule has 0 spiro atoms. The van der Waals surface area contributed by atoms with Crippen molar-refractivity contribution in [3.8, 4) is 11.5 Å². The topological polar surface area (TPSA) is 81.6 Å². The summed E-state index contributed by atoms with van der Waals surface area (Å²) in [7, 11) is 0. The van der Waals surface area contributed by atoms with E-state index < -0.39 is 0 Å². The van der Waals surface area contributed by atoms with Gasteiger partial charge in [0.1, 0.15) is 17.2 Å². The highest BCUT2D eigenvalue weighted by atomic mass is 32.1. The fourth-order valence-electron chi connectivity index (χ4n) is 1.35. The van der Waals surface area contributed by atoms with E-state index in [1.165, 1.54) is 24.3 Å². The quantitative estimate of drug-likeness (QED) is 0.420. The van der Waals surface area contributed by atoms with Crippen molar-refractivity contribution in [2.75, 3.05) is 0 Å². The largest absolute Gasteiger partial charge is 0.508 e. The van der Waals surface area contributed by atoms with Crippen molar-refractivity contribution < 1.29 is 15.0 Å². The van der Waals surface area contributed by atoms with Gasteiger partial charge in [-0.3, -0.25) is 10.1 Å². The average Bonchev–Trinajstić information content (AvgIpc) is 2.43. The van der Waals surface area contributed by atoms with Crippen LogP contribution in [0.1, 0.15) is 5.56 Å². The molecule has 1 heterocycles. The summed E-state index contributed by atoms with van der Waals surface area (Å²) in [6, 6.07) is 4.04. The van der Waals surface area contributed by atoms with Gasteiger partial charge in [0.25, 0.3) is 5.91 Å². The number of thiocarbonyl (C=S) groups is 1. The maximum atomic E-state index is 11.3. The van der Waals surface area contributed by atoms with Crippen molar-refractivity contribution in [3.63, 3.8) is 0 Å². The Labute approximate surface area is 96.4 Å². The number of benzene rings is 1. The zero-order valence-electron chi connectivity index (χ0n) is 8.02. The average molecular weight is 236 g/mol. The van der Waals surface area contributed by atoms with E-state index >= 15 is 0 Å². The van der Waals surface area contributed by atoms with Gasteiger partial charge in [-0.1, -0.05) is 0 Å². The molecule has 1 aliphatic rings. The lowest BCUT2D eigenvalue weighted by molar-refractivity contribution is -0.115. The fourth-order valence-corrected chi connectivity index (χ4v) is 1.55. The molecule has 1 saturated heterocycles. The van der Waals surface area contributed by atoms with E-state index in [9.17, 15) is 15.0 Å². The molecule has 1 amide bonds. The molecule has 0 saturated carbocycles. The van der Waals surface area contributed by atoms with Crippen molar-refractivity contribution >= 4 is 29.3 Å². The number of hydrogen-bond donors (Lipinski definition) is 4. The van der Waals surface area contributed by atoms with Crippen LogP contribution in [0.3, 0.4) is 0 Å². The molecule has 0 radical (unpaired) electrons. The predicted molar refractivity (Wildman–Crippen MR) is 61.6 cm³/mol. The molecule has 5 nitrogen and oxygen atoms in total. The van der Waals surface area contributed by atoms with Crippen LogP contribution < -0.4 is 10.6 Å². The number of carbonyl (C=O) groups is 1. The molecule has 1 aromatic carbocycles. The fraction of sp³-hybridized carbons (Fsp3) is 0. The molecule has 1 aliphatic heterocycles. The van der Waals surface area contributed by atoms with Crippen LogP contribution >= 0.6 is 12.2 Å². The number of aromatic hydroxyl groups is 2. The van der Waals surface area contributed by atoms with Crippen LogP contribution in [0.4, 0.5) is 0 Å². The lowest BCUT2D eigenvalue weighted by atomic mass is 10.1. The lowest BCUT2D eigenvalue weighted by Gasteiger charge is -1.99. The molecule has 0 bridgehead atoms. The Hall–Kier alpha value is -2.08. The van der Waals surface area contributed by atoms with Crippen molar-refractivity contribution in [2.24, 2.45) is 0 Å². The molecule has 4 N–H and O–H groups in total. The van der Waals surface area contributed by atoms with E-state index in [1.807, 2.05) is 0 Å². The Balaban J connectivity index is 2.36. The summed E-state index contributed by atoms with van der Waals surface area (Å²) in [6.45, 7) is 0. The third-order valence-corrected chi connectivity index (χ3v) is 2.16. The van der Waals surface area contributed by atoms with Gasteiger partial charge in [0.2, 0.25) is 0 Å². The minimum Gasteiger partial charge on any atom is -0.508 e. The van der Waals surface area contributed by atoms with Gasteiger partial charge in [0.05, 0.1) is 0 Å². The number of hydrogen-bond acceptors (Lipinski definition) is 4. The standard InChI is InChI=1S/C10H8N2O3S/c13-6-1-5(2-7(14)4-6)3-8-9(15)12-10(16)11-8/h1-4,13-14H,(H2,11,12,15,16)/b8-3+. The van der Waals surface area contributed by atoms with Gasteiger partial charge < -0.3 is 15.5 Å². The Kier molecular flexibility index (Phi) is 2.49. The maximum absolute atomic E-state index is 11.3. The van der Waals surface area contributed by atoms with Crippen molar-refractivity contribution in [2.45, 2.75) is 0 Å². The highest BCUT2D eigenvalue weighted by Crippen LogP contribution is 2.22. The first kappa shape index (κ1) is 10.4. The highest BCUT2D eigenvalue weighted by Gasteiger charge is 2.19. The summed E-state index contributed by atoms with van der Waals surface area (Å²) in [5.41, 5.74) is 0.773. The summed E-state index contributed by atoms with van der Waals surface area (Å²) in [5, 5.41) is 23.8. The lowest BCUT2D eigenvalue weighted by Crippen LogP contribution is -2.21. The van der Waals surface area contributed by atoms with Gasteiger partial charge in [-0.25, -0.2) is 0 Å². The first-order valence-electron chi connectivity index (χ1n) is 4.41. The monoisotopic (exact) mass is 236 g/mol. The number of rotatable bonds is 1. The predicted octanol–water partition coefficient (Wildman–Crippen LogP) is 0.443. The summed E-state index contributed by atoms with van der Waals surface area (Å²) in [6.07, 6.45) is 1.48. The second-order valence-corrected chi connectivity index (χ2v) is 3.66. The summed E-state index contributed by atoms with van der Waals surface area (Å²) >= 11 is 4.76. The molecule has 82 valence electrons. The molecule has 2 rings (SSSR count). The van der Waals surface area contributed by atoms with Gasteiger partial charge >= 0.3 is 0 Å². The van der Waals surface area contributed by atoms with Crippen LogP contribution in [0, 0.1) is 0 Å². The van der Waals surface area contributed by atoms with E-state index in [0.29, 0.717) is 5.56 Å². The van der Waals surface area contributed by atoms with Crippen molar-refractivity contribution in [1.82, 2.24) is 10.6 Å². The van der Waals surface area contributed by atoms with Crippen LogP contribution in [-0.4, -0.2) is 21.2 Å². The third-order valence-electron chi connectivity index (χ3n) is 1.96. The van der Waals surface area contributed by atoms with Crippen LogP contribution in [0.25, 0.3) is 6.08 Å². The molecule has 0 unspecified atom stereocenters. The van der Waals surface area contributed by atoms with Crippen LogP contribution in [-0.2, 0) is 4.79 Å². The van der Waals surface area contributed by atoms with Crippen LogP contribution in [0.5, 0.6) is 11.5 Å². The molecule has 16 heavy (non-hydrogen) atoms. The maximum Gasteiger partial charge on any atom is 0.273 e. The van der Waals surface area contributed by atoms with Crippen LogP contribution in [0.15, 0.2) is 23.9 Å². The van der Waals surface area contributed by atoms with Gasteiger partial charge in [-0.2, -0.15) is 0 Å². The molecule has 1 aromatic rings. The SMILES string of the molecule is O=C1NC(=S)N/C1=C/c1cc(O)cc(O)c1. The zero-order chi connectivity index (χ0) is 11.7. The third kappa shape index (κ3) is 2.12. The number of phenols is 2. The molecule has 0 aliphatic carbocycles. The normalized spacial score (nSPS) is 17.4. The smallest absolute Gasteiger partial charge is 0.273 e. The van der Waals surface area contributed by atoms with E-state index in [1.54, 1.807) is 0 Å². The van der Waals surface area contributed by atoms with Gasteiger partial charge in [0.15, 0.2) is 5.11 Å². The summed E-state index contributed by atoms with van der Waals surface area (Å²) < 4.78 is 0. The van der Waals surface area contributed by atoms with Crippen LogP contribution in [0.2, 0.25) is 0 Å². The second-order valence-electron chi connectivity index (χ2n) is 3.25. The minimum atomic E-state index is -0.340. The molecule has 6 heteroatoms. The Bertz CT molecular complexity index is 491. The highest BCUT2D eigenvalue weighted by molar-refractivity contribution is 7.80. The molecular formula is C10H8N2O3S. The number of nitrogens with one attached hydrogen (secondary N) is 2. The first-order valence-corrected chi connectivity index (χ1v) is 4.82. The van der Waals surface area contributed by atoms with Gasteiger partial charge in [-0.05, 0) is 36.0 Å². The summed E-state index contributed by atoms with van der Waals surface area (Å²) in [5.74, 6) is -0.492. The molecule has 0 atom stereocenters. The van der Waals surface area contributed by atoms with E-state index in [0.717, 1.165) is 0 Å². The van der Waals surface area contributed by atoms with E-state index in [2.05, 4.69) is 10.6 Å². The Morgan fingerprint density at radius 3 is 2.25 bits per heavy atom. The number of amides is 1. The first-order chi connectivity index (χ1) is 7.54. The van der Waals surface area contributed by atoms with Crippen molar-refractivity contribution in [1.29, 1.82) is 0 Å². The Morgan fingerprint density at radius 1 is 1.12 bits per heavy atom.